The molecule has 2 rings (SSSR count). The fourth-order valence-corrected chi connectivity index (χ4v) is 2.77. The normalized spacial score (nSPS) is 20.5. The number of hydrogen-bond acceptors (Lipinski definition) is 4. The molecule has 1 saturated carbocycles. The van der Waals surface area contributed by atoms with Crippen molar-refractivity contribution in [3.8, 4) is 5.75 Å². The molecule has 7 heteroatoms. The van der Waals surface area contributed by atoms with Gasteiger partial charge in [0.1, 0.15) is 5.75 Å². The van der Waals surface area contributed by atoms with Crippen LogP contribution in [0, 0.1) is 5.92 Å². The van der Waals surface area contributed by atoms with Crippen LogP contribution in [0.4, 0.5) is 8.78 Å². The van der Waals surface area contributed by atoms with Gasteiger partial charge in [0.05, 0.1) is 5.56 Å². The van der Waals surface area contributed by atoms with Crippen molar-refractivity contribution in [1.82, 2.24) is 5.32 Å². The van der Waals surface area contributed by atoms with Crippen LogP contribution in [0.1, 0.15) is 43.0 Å². The van der Waals surface area contributed by atoms with Crippen LogP contribution in [0.25, 0.3) is 0 Å². The maximum Gasteiger partial charge on any atom is 0.387 e. The van der Waals surface area contributed by atoms with E-state index in [1.54, 1.807) is 0 Å². The average Bonchev–Trinajstić information content (AvgIpc) is 2.55. The summed E-state index contributed by atoms with van der Waals surface area (Å²) in [6.07, 6.45) is 4.28. The Morgan fingerprint density at radius 2 is 1.88 bits per heavy atom. The van der Waals surface area contributed by atoms with Gasteiger partial charge in [0.2, 0.25) is 0 Å². The van der Waals surface area contributed by atoms with Crippen molar-refractivity contribution >= 4 is 11.9 Å². The Bertz CT molecular complexity index is 562. The van der Waals surface area contributed by atoms with Gasteiger partial charge in [0.25, 0.3) is 5.91 Å². The standard InChI is InChI=1S/C17H21F2NO4/c1-11-4-2-3-5-14(11)20-15(21)10-23-16(22)12-6-8-13(9-7-12)24-17(18)19/h6-9,11,14,17H,2-5,10H2,1H3,(H,20,21)/t11-,14+/m1/s1. The van der Waals surface area contributed by atoms with E-state index in [2.05, 4.69) is 17.0 Å². The van der Waals surface area contributed by atoms with E-state index in [1.165, 1.54) is 30.7 Å². The quantitative estimate of drug-likeness (QED) is 0.808. The summed E-state index contributed by atoms with van der Waals surface area (Å²) in [5, 5.41) is 2.89. The number of hydrogen-bond donors (Lipinski definition) is 1. The van der Waals surface area contributed by atoms with Gasteiger partial charge in [0.15, 0.2) is 6.61 Å². The lowest BCUT2D eigenvalue weighted by atomic mass is 9.86. The van der Waals surface area contributed by atoms with Gasteiger partial charge in [0, 0.05) is 6.04 Å². The molecule has 0 aromatic heterocycles. The Labute approximate surface area is 139 Å². The van der Waals surface area contributed by atoms with Crippen molar-refractivity contribution in [2.45, 2.75) is 45.3 Å². The maximum absolute atomic E-state index is 12.1. The lowest BCUT2D eigenvalue weighted by Gasteiger charge is -2.29. The van der Waals surface area contributed by atoms with Gasteiger partial charge in [-0.1, -0.05) is 19.8 Å². The van der Waals surface area contributed by atoms with Gasteiger partial charge < -0.3 is 14.8 Å². The molecule has 1 amide bonds. The van der Waals surface area contributed by atoms with Crippen LogP contribution in [-0.4, -0.2) is 31.1 Å². The van der Waals surface area contributed by atoms with E-state index >= 15 is 0 Å². The summed E-state index contributed by atoms with van der Waals surface area (Å²) in [5.41, 5.74) is 0.162. The molecule has 0 radical (unpaired) electrons. The Kier molecular flexibility index (Phi) is 6.52. The van der Waals surface area contributed by atoms with Gasteiger partial charge in [-0.05, 0) is 43.0 Å². The number of esters is 1. The molecule has 0 spiro atoms. The molecule has 0 unspecified atom stereocenters. The van der Waals surface area contributed by atoms with Gasteiger partial charge in [-0.3, -0.25) is 4.79 Å². The van der Waals surface area contributed by atoms with Gasteiger partial charge >= 0.3 is 12.6 Å². The Balaban J connectivity index is 1.78. The minimum absolute atomic E-state index is 0.0504. The molecule has 1 N–H and O–H groups in total. The number of halogens is 2. The number of ether oxygens (including phenoxy) is 2. The highest BCUT2D eigenvalue weighted by molar-refractivity contribution is 5.91. The van der Waals surface area contributed by atoms with Crippen LogP contribution in [0.2, 0.25) is 0 Å². The molecule has 1 aromatic rings. The van der Waals surface area contributed by atoms with E-state index in [0.717, 1.165) is 19.3 Å². The number of amides is 1. The van der Waals surface area contributed by atoms with E-state index in [-0.39, 0.29) is 29.9 Å². The zero-order valence-corrected chi connectivity index (χ0v) is 13.5. The molecule has 0 aliphatic heterocycles. The van der Waals surface area contributed by atoms with Crippen molar-refractivity contribution in [1.29, 1.82) is 0 Å². The van der Waals surface area contributed by atoms with E-state index in [9.17, 15) is 18.4 Å². The number of alkyl halides is 2. The number of nitrogens with one attached hydrogen (secondary N) is 1. The first kappa shape index (κ1) is 18.2. The van der Waals surface area contributed by atoms with Crippen LogP contribution in [0.5, 0.6) is 5.75 Å². The molecule has 1 aliphatic carbocycles. The molecule has 24 heavy (non-hydrogen) atoms. The van der Waals surface area contributed by atoms with Gasteiger partial charge in [-0.25, -0.2) is 4.79 Å². The van der Waals surface area contributed by atoms with Gasteiger partial charge in [-0.2, -0.15) is 8.78 Å². The van der Waals surface area contributed by atoms with Crippen molar-refractivity contribution in [3.05, 3.63) is 29.8 Å². The lowest BCUT2D eigenvalue weighted by Crippen LogP contribution is -2.42. The van der Waals surface area contributed by atoms with Crippen molar-refractivity contribution in [2.24, 2.45) is 5.92 Å². The first-order valence-electron chi connectivity index (χ1n) is 7.97. The summed E-state index contributed by atoms with van der Waals surface area (Å²) in [4.78, 5) is 23.7. The van der Waals surface area contributed by atoms with Gasteiger partial charge in [-0.15, -0.1) is 0 Å². The Morgan fingerprint density at radius 1 is 1.21 bits per heavy atom. The summed E-state index contributed by atoms with van der Waals surface area (Å²) in [5.74, 6) is -0.656. The van der Waals surface area contributed by atoms with Crippen LogP contribution in [-0.2, 0) is 9.53 Å². The molecule has 5 nitrogen and oxygen atoms in total. The SMILES string of the molecule is C[C@@H]1CCCC[C@@H]1NC(=O)COC(=O)c1ccc(OC(F)F)cc1. The van der Waals surface area contributed by atoms with E-state index in [1.807, 2.05) is 0 Å². The molecular weight excluding hydrogens is 320 g/mol. The summed E-state index contributed by atoms with van der Waals surface area (Å²) in [6, 6.07) is 5.22. The topological polar surface area (TPSA) is 64.6 Å². The molecule has 1 aromatic carbocycles. The van der Waals surface area contributed by atoms with Crippen molar-refractivity contribution < 1.29 is 27.8 Å². The summed E-state index contributed by atoms with van der Waals surface area (Å²) < 4.78 is 33.2. The summed E-state index contributed by atoms with van der Waals surface area (Å²) in [7, 11) is 0. The van der Waals surface area contributed by atoms with E-state index in [0.29, 0.717) is 5.92 Å². The molecule has 132 valence electrons. The third-order valence-corrected chi connectivity index (χ3v) is 4.11. The molecular formula is C17H21F2NO4. The predicted molar refractivity (Wildman–Crippen MR) is 82.9 cm³/mol. The fraction of sp³-hybridized carbons (Fsp3) is 0.529. The minimum Gasteiger partial charge on any atom is -0.452 e. The molecule has 1 fully saturated rings. The summed E-state index contributed by atoms with van der Waals surface area (Å²) >= 11 is 0. The molecule has 2 atom stereocenters. The van der Waals surface area contributed by atoms with E-state index in [4.69, 9.17) is 4.74 Å². The largest absolute Gasteiger partial charge is 0.452 e. The number of rotatable bonds is 6. The van der Waals surface area contributed by atoms with Crippen molar-refractivity contribution in [3.63, 3.8) is 0 Å². The highest BCUT2D eigenvalue weighted by Gasteiger charge is 2.23. The molecule has 0 heterocycles. The summed E-state index contributed by atoms with van der Waals surface area (Å²) in [6.45, 7) is -1.19. The molecule has 0 bridgehead atoms. The maximum atomic E-state index is 12.1. The third-order valence-electron chi connectivity index (χ3n) is 4.11. The van der Waals surface area contributed by atoms with Crippen molar-refractivity contribution in [2.75, 3.05) is 6.61 Å². The third kappa shape index (κ3) is 5.47. The monoisotopic (exact) mass is 341 g/mol. The molecule has 0 saturated heterocycles. The van der Waals surface area contributed by atoms with Crippen LogP contribution >= 0.6 is 0 Å². The first-order chi connectivity index (χ1) is 11.5. The average molecular weight is 341 g/mol. The fourth-order valence-electron chi connectivity index (χ4n) is 2.77. The number of carbonyl (C=O) groups excluding carboxylic acids is 2. The smallest absolute Gasteiger partial charge is 0.387 e. The Hall–Kier alpha value is -2.18. The zero-order chi connectivity index (χ0) is 17.5. The predicted octanol–water partition coefficient (Wildman–Crippen LogP) is 3.14. The lowest BCUT2D eigenvalue weighted by molar-refractivity contribution is -0.125. The van der Waals surface area contributed by atoms with Crippen LogP contribution in [0.15, 0.2) is 24.3 Å². The van der Waals surface area contributed by atoms with Crippen LogP contribution in [0.3, 0.4) is 0 Å². The Morgan fingerprint density at radius 3 is 2.50 bits per heavy atom. The highest BCUT2D eigenvalue weighted by atomic mass is 19.3. The van der Waals surface area contributed by atoms with E-state index < -0.39 is 12.6 Å². The molecule has 1 aliphatic rings. The number of carbonyl (C=O) groups is 2. The van der Waals surface area contributed by atoms with Crippen LogP contribution < -0.4 is 10.1 Å². The second kappa shape index (κ2) is 8.61. The zero-order valence-electron chi connectivity index (χ0n) is 13.5. The highest BCUT2D eigenvalue weighted by Crippen LogP contribution is 2.23. The first-order valence-corrected chi connectivity index (χ1v) is 7.97. The second-order valence-electron chi connectivity index (χ2n) is 5.91. The minimum atomic E-state index is -2.92. The second-order valence-corrected chi connectivity index (χ2v) is 5.91. The number of benzene rings is 1.